The van der Waals surface area contributed by atoms with Crippen LogP contribution in [0.3, 0.4) is 0 Å². The highest BCUT2D eigenvalue weighted by molar-refractivity contribution is 7.15. The van der Waals surface area contributed by atoms with Gasteiger partial charge in [0.25, 0.3) is 0 Å². The average molecular weight is 495 g/mol. The molecule has 0 spiro atoms. The third-order valence-corrected chi connectivity index (χ3v) is 6.65. The number of halogens is 1. The van der Waals surface area contributed by atoms with Gasteiger partial charge in [-0.2, -0.15) is 0 Å². The topological polar surface area (TPSA) is 99.7 Å². The summed E-state index contributed by atoms with van der Waals surface area (Å²) in [6, 6.07) is 7.71. The molecule has 7 nitrogen and oxygen atoms in total. The molecule has 34 heavy (non-hydrogen) atoms. The van der Waals surface area contributed by atoms with Crippen molar-refractivity contribution in [3.8, 4) is 28.5 Å². The van der Waals surface area contributed by atoms with Crippen molar-refractivity contribution >= 4 is 28.1 Å². The molecule has 0 amide bonds. The predicted molar refractivity (Wildman–Crippen MR) is 137 cm³/mol. The molecule has 2 N–H and O–H groups in total. The number of nitrogens with zero attached hydrogens (tertiary/aromatic N) is 5. The Kier molecular flexibility index (Phi) is 8.03. The fourth-order valence-corrected chi connectivity index (χ4v) is 4.32. The highest BCUT2D eigenvalue weighted by Crippen LogP contribution is 2.32. The van der Waals surface area contributed by atoms with E-state index in [1.54, 1.807) is 18.6 Å². The summed E-state index contributed by atoms with van der Waals surface area (Å²) >= 11 is 8.18. The SMILES string of the molecule is CCC(C)COc1ccc(-c2cc(CCCc3cnc(N)s3)nc(-c3cnccn3)n2)c(Cl)c1. The molecule has 1 aromatic carbocycles. The van der Waals surface area contributed by atoms with Crippen LogP contribution in [0, 0.1) is 5.92 Å². The smallest absolute Gasteiger partial charge is 0.180 e. The number of rotatable bonds is 10. The number of aromatic nitrogens is 5. The highest BCUT2D eigenvalue weighted by atomic mass is 35.5. The summed E-state index contributed by atoms with van der Waals surface area (Å²) in [7, 11) is 0. The Labute approximate surface area is 208 Å². The third kappa shape index (κ3) is 6.27. The van der Waals surface area contributed by atoms with Gasteiger partial charge in [0.05, 0.1) is 23.5 Å². The molecule has 4 aromatic rings. The molecule has 3 aromatic heterocycles. The van der Waals surface area contributed by atoms with Crippen LogP contribution in [0.4, 0.5) is 5.13 Å². The Morgan fingerprint density at radius 2 is 1.94 bits per heavy atom. The molecule has 176 valence electrons. The number of thiazole rings is 1. The molecule has 0 aliphatic heterocycles. The first kappa shape index (κ1) is 24.0. The molecule has 0 aliphatic carbocycles. The second kappa shape index (κ2) is 11.4. The summed E-state index contributed by atoms with van der Waals surface area (Å²) in [6.45, 7) is 4.97. The number of anilines is 1. The predicted octanol–water partition coefficient (Wildman–Crippen LogP) is 5.89. The lowest BCUT2D eigenvalue weighted by Crippen LogP contribution is -2.07. The minimum atomic E-state index is 0.485. The van der Waals surface area contributed by atoms with Gasteiger partial charge in [-0.3, -0.25) is 4.98 Å². The van der Waals surface area contributed by atoms with Crippen molar-refractivity contribution in [3.05, 3.63) is 64.6 Å². The number of nitrogens with two attached hydrogens (primary N) is 1. The van der Waals surface area contributed by atoms with Gasteiger partial charge in [-0.05, 0) is 49.4 Å². The zero-order valence-electron chi connectivity index (χ0n) is 19.2. The summed E-state index contributed by atoms with van der Waals surface area (Å²) in [5.74, 6) is 1.76. The molecule has 1 unspecified atom stereocenters. The molecule has 9 heteroatoms. The Balaban J connectivity index is 1.59. The molecule has 0 saturated carbocycles. The van der Waals surface area contributed by atoms with E-state index in [9.17, 15) is 0 Å². The summed E-state index contributed by atoms with van der Waals surface area (Å²) in [5.41, 5.74) is 8.84. The van der Waals surface area contributed by atoms with Gasteiger partial charge in [-0.1, -0.05) is 31.9 Å². The monoisotopic (exact) mass is 494 g/mol. The Morgan fingerprint density at radius 1 is 1.06 bits per heavy atom. The van der Waals surface area contributed by atoms with Crippen LogP contribution in [0.2, 0.25) is 5.02 Å². The van der Waals surface area contributed by atoms with E-state index in [4.69, 9.17) is 32.0 Å². The van der Waals surface area contributed by atoms with Crippen LogP contribution >= 0.6 is 22.9 Å². The number of ether oxygens (including phenoxy) is 1. The standard InChI is InChI=1S/C25H27ClN6OS/c1-3-16(2)15-33-18-7-8-20(21(26)12-18)22-11-17(5-4-6-19-13-30-25(27)34-19)31-24(32-22)23-14-28-9-10-29-23/h7-14,16H,3-6,15H2,1-2H3,(H2,27,30). The van der Waals surface area contributed by atoms with E-state index in [0.717, 1.165) is 53.3 Å². The van der Waals surface area contributed by atoms with Gasteiger partial charge >= 0.3 is 0 Å². The first-order valence-corrected chi connectivity index (χ1v) is 12.5. The van der Waals surface area contributed by atoms with E-state index < -0.39 is 0 Å². The van der Waals surface area contributed by atoms with Crippen molar-refractivity contribution in [3.63, 3.8) is 0 Å². The van der Waals surface area contributed by atoms with Gasteiger partial charge in [-0.15, -0.1) is 11.3 Å². The van der Waals surface area contributed by atoms with Gasteiger partial charge in [0, 0.05) is 34.7 Å². The lowest BCUT2D eigenvalue weighted by Gasteiger charge is -2.13. The van der Waals surface area contributed by atoms with Gasteiger partial charge in [0.1, 0.15) is 11.4 Å². The van der Waals surface area contributed by atoms with Crippen molar-refractivity contribution in [1.29, 1.82) is 0 Å². The molecule has 0 saturated heterocycles. The Hall–Kier alpha value is -3.10. The van der Waals surface area contributed by atoms with Crippen LogP contribution in [0.5, 0.6) is 5.75 Å². The maximum Gasteiger partial charge on any atom is 0.180 e. The van der Waals surface area contributed by atoms with Gasteiger partial charge in [0.15, 0.2) is 11.0 Å². The van der Waals surface area contributed by atoms with Crippen LogP contribution in [0.15, 0.2) is 49.1 Å². The number of nitrogen functional groups attached to an aromatic ring is 1. The molecule has 1 atom stereocenters. The number of benzene rings is 1. The lowest BCUT2D eigenvalue weighted by molar-refractivity contribution is 0.256. The van der Waals surface area contributed by atoms with E-state index in [-0.39, 0.29) is 0 Å². The quantitative estimate of drug-likeness (QED) is 0.293. The van der Waals surface area contributed by atoms with Gasteiger partial charge in [0.2, 0.25) is 0 Å². The summed E-state index contributed by atoms with van der Waals surface area (Å²) in [4.78, 5) is 23.3. The second-order valence-electron chi connectivity index (χ2n) is 8.14. The molecular formula is C25H27ClN6OS. The van der Waals surface area contributed by atoms with E-state index in [1.807, 2.05) is 30.5 Å². The fourth-order valence-electron chi connectivity index (χ4n) is 3.32. The highest BCUT2D eigenvalue weighted by Gasteiger charge is 2.14. The van der Waals surface area contributed by atoms with Crippen molar-refractivity contribution in [1.82, 2.24) is 24.9 Å². The third-order valence-electron chi connectivity index (χ3n) is 5.45. The molecule has 0 radical (unpaired) electrons. The molecule has 0 bridgehead atoms. The zero-order chi connectivity index (χ0) is 23.9. The minimum Gasteiger partial charge on any atom is -0.493 e. The zero-order valence-corrected chi connectivity index (χ0v) is 20.8. The number of aryl methyl sites for hydroxylation is 2. The first-order chi connectivity index (χ1) is 16.5. The van der Waals surface area contributed by atoms with E-state index in [1.165, 1.54) is 11.3 Å². The average Bonchev–Trinajstić information content (AvgIpc) is 3.27. The molecular weight excluding hydrogens is 468 g/mol. The maximum absolute atomic E-state index is 6.66. The Bertz CT molecular complexity index is 1230. The van der Waals surface area contributed by atoms with Crippen molar-refractivity contribution in [2.24, 2.45) is 5.92 Å². The fraction of sp³-hybridized carbons (Fsp3) is 0.320. The molecule has 3 heterocycles. The normalized spacial score (nSPS) is 12.0. The molecule has 0 fully saturated rings. The van der Waals surface area contributed by atoms with E-state index >= 15 is 0 Å². The Morgan fingerprint density at radius 3 is 2.65 bits per heavy atom. The largest absolute Gasteiger partial charge is 0.493 e. The van der Waals surface area contributed by atoms with Crippen LogP contribution in [-0.2, 0) is 12.8 Å². The number of hydrogen-bond acceptors (Lipinski definition) is 8. The summed E-state index contributed by atoms with van der Waals surface area (Å²) in [6.07, 6.45) is 10.4. The van der Waals surface area contributed by atoms with Crippen LogP contribution in [-0.4, -0.2) is 31.5 Å². The number of hydrogen-bond donors (Lipinski definition) is 1. The second-order valence-corrected chi connectivity index (χ2v) is 9.70. The maximum atomic E-state index is 6.66. The van der Waals surface area contributed by atoms with Gasteiger partial charge in [-0.25, -0.2) is 19.9 Å². The van der Waals surface area contributed by atoms with Gasteiger partial charge < -0.3 is 10.5 Å². The van der Waals surface area contributed by atoms with E-state index in [0.29, 0.717) is 34.2 Å². The summed E-state index contributed by atoms with van der Waals surface area (Å²) in [5, 5.41) is 1.17. The van der Waals surface area contributed by atoms with E-state index in [2.05, 4.69) is 28.8 Å². The van der Waals surface area contributed by atoms with Crippen molar-refractivity contribution < 1.29 is 4.74 Å². The van der Waals surface area contributed by atoms with Crippen LogP contribution < -0.4 is 10.5 Å². The summed E-state index contributed by atoms with van der Waals surface area (Å²) < 4.78 is 5.90. The van der Waals surface area contributed by atoms with Crippen LogP contribution in [0.25, 0.3) is 22.8 Å². The van der Waals surface area contributed by atoms with Crippen molar-refractivity contribution in [2.45, 2.75) is 39.5 Å². The minimum absolute atomic E-state index is 0.485. The molecule has 0 aliphatic rings. The van der Waals surface area contributed by atoms with Crippen molar-refractivity contribution in [2.75, 3.05) is 12.3 Å². The molecule has 4 rings (SSSR count). The lowest BCUT2D eigenvalue weighted by atomic mass is 10.1. The first-order valence-electron chi connectivity index (χ1n) is 11.3. The van der Waals surface area contributed by atoms with Crippen LogP contribution in [0.1, 0.15) is 37.3 Å².